The first-order valence-corrected chi connectivity index (χ1v) is 8.38. The van der Waals surface area contributed by atoms with Crippen LogP contribution < -0.4 is 0 Å². The minimum atomic E-state index is -0.679. The molecule has 3 aliphatic rings. The minimum absolute atomic E-state index is 0.0591. The van der Waals surface area contributed by atoms with E-state index in [4.69, 9.17) is 16.5 Å². The third-order valence-corrected chi connectivity index (χ3v) is 5.87. The van der Waals surface area contributed by atoms with Crippen LogP contribution in [0.5, 0.6) is 0 Å². The third kappa shape index (κ3) is 2.41. The van der Waals surface area contributed by atoms with E-state index in [1.165, 1.54) is 4.90 Å². The molecule has 2 saturated heterocycles. The van der Waals surface area contributed by atoms with Crippen LogP contribution in [-0.2, 0) is 9.53 Å². The van der Waals surface area contributed by atoms with Crippen LogP contribution in [0.3, 0.4) is 0 Å². The van der Waals surface area contributed by atoms with E-state index in [9.17, 15) is 9.59 Å². The van der Waals surface area contributed by atoms with Gasteiger partial charge in [0.2, 0.25) is 0 Å². The maximum atomic E-state index is 12.7. The number of urea groups is 1. The molecule has 22 heavy (non-hydrogen) atoms. The van der Waals surface area contributed by atoms with E-state index >= 15 is 0 Å². The summed E-state index contributed by atoms with van der Waals surface area (Å²) in [6.45, 7) is 1.27. The first-order valence-electron chi connectivity index (χ1n) is 8.04. The van der Waals surface area contributed by atoms with Gasteiger partial charge >= 0.3 is 6.03 Å². The van der Waals surface area contributed by atoms with Crippen LogP contribution in [-0.4, -0.2) is 71.1 Å². The van der Waals surface area contributed by atoms with Crippen molar-refractivity contribution in [1.29, 1.82) is 0 Å². The molecule has 0 unspecified atom stereocenters. The Morgan fingerprint density at radius 3 is 2.27 bits per heavy atom. The van der Waals surface area contributed by atoms with E-state index in [2.05, 4.69) is 0 Å². The predicted molar refractivity (Wildman–Crippen MR) is 82.4 cm³/mol. The zero-order valence-electron chi connectivity index (χ0n) is 13.3. The third-order valence-electron chi connectivity index (χ3n) is 5.54. The van der Waals surface area contributed by atoms with Gasteiger partial charge in [-0.2, -0.15) is 0 Å². The molecule has 0 radical (unpaired) electrons. The van der Waals surface area contributed by atoms with Gasteiger partial charge in [0.25, 0.3) is 5.91 Å². The smallest absolute Gasteiger partial charge is 0.327 e. The summed E-state index contributed by atoms with van der Waals surface area (Å²) < 4.78 is 7.13. The molecule has 0 aromatic carbocycles. The maximum absolute atomic E-state index is 12.7. The molecule has 0 atom stereocenters. The molecule has 124 valence electrons. The van der Waals surface area contributed by atoms with Crippen molar-refractivity contribution in [3.8, 4) is 0 Å². The molecule has 7 heteroatoms. The highest BCUT2D eigenvalue weighted by Gasteiger charge is 2.58. The summed E-state index contributed by atoms with van der Waals surface area (Å²) in [5.74, 6) is -0.0591. The lowest BCUT2D eigenvalue weighted by atomic mass is 9.82. The summed E-state index contributed by atoms with van der Waals surface area (Å²) in [6.07, 6.45) is 5.21. The summed E-state index contributed by atoms with van der Waals surface area (Å²) in [4.78, 5) is 28.6. The molecule has 6 nitrogen and oxygen atoms in total. The van der Waals surface area contributed by atoms with Crippen molar-refractivity contribution in [3.05, 3.63) is 0 Å². The Hall–Kier alpha value is -0.850. The second-order valence-corrected chi connectivity index (χ2v) is 7.10. The lowest BCUT2D eigenvalue weighted by molar-refractivity contribution is -0.135. The van der Waals surface area contributed by atoms with Gasteiger partial charge < -0.3 is 9.64 Å². The van der Waals surface area contributed by atoms with Gasteiger partial charge in [-0.05, 0) is 50.3 Å². The Kier molecular flexibility index (Phi) is 4.36. The van der Waals surface area contributed by atoms with Gasteiger partial charge in [0.05, 0.1) is 6.10 Å². The van der Waals surface area contributed by atoms with E-state index < -0.39 is 5.54 Å². The number of halogens is 1. The van der Waals surface area contributed by atoms with E-state index in [1.807, 2.05) is 4.90 Å². The van der Waals surface area contributed by atoms with Crippen LogP contribution in [0, 0.1) is 0 Å². The first kappa shape index (κ1) is 16.0. The number of amides is 3. The van der Waals surface area contributed by atoms with Gasteiger partial charge in [-0.25, -0.2) is 9.21 Å². The van der Waals surface area contributed by atoms with Gasteiger partial charge in [0.15, 0.2) is 0 Å². The first-order chi connectivity index (χ1) is 10.5. The molecule has 1 saturated carbocycles. The molecule has 3 fully saturated rings. The van der Waals surface area contributed by atoms with Gasteiger partial charge in [-0.15, -0.1) is 0 Å². The molecule has 0 aromatic rings. The fourth-order valence-electron chi connectivity index (χ4n) is 4.20. The summed E-state index contributed by atoms with van der Waals surface area (Å²) in [5.41, 5.74) is -0.679. The lowest BCUT2D eigenvalue weighted by Gasteiger charge is -2.45. The molecule has 0 bridgehead atoms. The van der Waals surface area contributed by atoms with Gasteiger partial charge in [0, 0.05) is 33.3 Å². The van der Waals surface area contributed by atoms with Crippen LogP contribution in [0.2, 0.25) is 0 Å². The number of rotatable bonds is 2. The van der Waals surface area contributed by atoms with Crippen molar-refractivity contribution in [2.45, 2.75) is 56.2 Å². The fourth-order valence-corrected chi connectivity index (χ4v) is 4.36. The lowest BCUT2D eigenvalue weighted by Crippen LogP contribution is -2.59. The zero-order chi connectivity index (χ0) is 15.9. The van der Waals surface area contributed by atoms with Crippen LogP contribution in [0.4, 0.5) is 4.79 Å². The molecule has 0 aromatic heterocycles. The summed E-state index contributed by atoms with van der Waals surface area (Å²) in [5, 5.41) is 0. The molecular weight excluding hydrogens is 306 g/mol. The number of likely N-dealkylation sites (N-methyl/N-ethyl adjacent to an activating group) is 1. The Bertz CT molecular complexity index is 457. The second kappa shape index (κ2) is 5.98. The van der Waals surface area contributed by atoms with Crippen molar-refractivity contribution >= 4 is 23.7 Å². The summed E-state index contributed by atoms with van der Waals surface area (Å²) in [7, 11) is 3.33. The minimum Gasteiger partial charge on any atom is -0.381 e. The Labute approximate surface area is 136 Å². The molecular formula is C15H24ClN3O3. The number of piperidine rings is 1. The average molecular weight is 330 g/mol. The van der Waals surface area contributed by atoms with E-state index in [-0.39, 0.29) is 24.1 Å². The van der Waals surface area contributed by atoms with Gasteiger partial charge in [0.1, 0.15) is 5.54 Å². The predicted octanol–water partition coefficient (Wildman–Crippen LogP) is 1.83. The molecule has 2 aliphatic heterocycles. The van der Waals surface area contributed by atoms with E-state index in [0.717, 1.165) is 25.7 Å². The number of carbonyl (C=O) groups is 2. The number of imide groups is 1. The Morgan fingerprint density at radius 1 is 1.14 bits per heavy atom. The standard InChI is InChI=1S/C15H24ClN3O3/c1-17-13(20)15(7-9-18(16)10-8-15)19(14(17)21)11-3-5-12(22-2)6-4-11/h11-12H,3-10H2,1-2H3. The number of carbonyl (C=O) groups excluding carboxylic acids is 2. The molecule has 1 aliphatic carbocycles. The highest BCUT2D eigenvalue weighted by atomic mass is 35.5. The van der Waals surface area contributed by atoms with Crippen LogP contribution in [0.1, 0.15) is 38.5 Å². The SMILES string of the molecule is COC1CCC(N2C(=O)N(C)C(=O)C23CCN(Cl)CC3)CC1. The number of hydrogen-bond acceptors (Lipinski definition) is 4. The zero-order valence-corrected chi connectivity index (χ0v) is 14.0. The fraction of sp³-hybridized carbons (Fsp3) is 0.867. The van der Waals surface area contributed by atoms with E-state index in [1.54, 1.807) is 18.6 Å². The largest absolute Gasteiger partial charge is 0.381 e. The molecule has 1 spiro atoms. The topological polar surface area (TPSA) is 53.1 Å². The number of nitrogens with zero attached hydrogens (tertiary/aromatic N) is 3. The number of ether oxygens (including phenoxy) is 1. The summed E-state index contributed by atoms with van der Waals surface area (Å²) in [6, 6.07) is -0.0106. The van der Waals surface area contributed by atoms with E-state index in [0.29, 0.717) is 25.9 Å². The van der Waals surface area contributed by atoms with Crippen molar-refractivity contribution in [2.24, 2.45) is 0 Å². The van der Waals surface area contributed by atoms with Gasteiger partial charge in [-0.3, -0.25) is 9.69 Å². The summed E-state index contributed by atoms with van der Waals surface area (Å²) >= 11 is 6.06. The van der Waals surface area contributed by atoms with Crippen LogP contribution in [0.25, 0.3) is 0 Å². The molecule has 3 amide bonds. The Morgan fingerprint density at radius 2 is 1.73 bits per heavy atom. The average Bonchev–Trinajstić information content (AvgIpc) is 2.72. The Balaban J connectivity index is 1.83. The highest BCUT2D eigenvalue weighted by Crippen LogP contribution is 2.41. The quantitative estimate of drug-likeness (QED) is 0.573. The monoisotopic (exact) mass is 329 g/mol. The van der Waals surface area contributed by atoms with Gasteiger partial charge in [-0.1, -0.05) is 0 Å². The molecule has 0 N–H and O–H groups in total. The van der Waals surface area contributed by atoms with Crippen molar-refractivity contribution in [3.63, 3.8) is 0 Å². The van der Waals surface area contributed by atoms with Crippen molar-refractivity contribution in [1.82, 2.24) is 14.2 Å². The van der Waals surface area contributed by atoms with Crippen LogP contribution in [0.15, 0.2) is 0 Å². The number of methoxy groups -OCH3 is 1. The molecule has 3 rings (SSSR count). The number of hydrogen-bond donors (Lipinski definition) is 0. The second-order valence-electron chi connectivity index (χ2n) is 6.62. The highest BCUT2D eigenvalue weighted by molar-refractivity contribution is 6.13. The maximum Gasteiger partial charge on any atom is 0.327 e. The normalized spacial score (nSPS) is 33.0. The van der Waals surface area contributed by atoms with Crippen LogP contribution >= 0.6 is 11.8 Å². The van der Waals surface area contributed by atoms with Crippen molar-refractivity contribution in [2.75, 3.05) is 27.2 Å². The molecule has 2 heterocycles. The van der Waals surface area contributed by atoms with Crippen molar-refractivity contribution < 1.29 is 14.3 Å².